The first-order chi connectivity index (χ1) is 7.08. The summed E-state index contributed by atoms with van der Waals surface area (Å²) in [6.07, 6.45) is 0. The number of hydrogen-bond donors (Lipinski definition) is 1. The van der Waals surface area contributed by atoms with Gasteiger partial charge in [0.15, 0.2) is 0 Å². The van der Waals surface area contributed by atoms with E-state index in [1.807, 2.05) is 6.92 Å². The average Bonchev–Trinajstić information content (AvgIpc) is 2.42. The third-order valence-electron chi connectivity index (χ3n) is 2.18. The van der Waals surface area contributed by atoms with Gasteiger partial charge in [-0.3, -0.25) is 9.48 Å². The van der Waals surface area contributed by atoms with Crippen LogP contribution in [0.1, 0.15) is 5.69 Å². The van der Waals surface area contributed by atoms with Gasteiger partial charge < -0.3 is 5.11 Å². The molecular weight excluding hydrogens is 216 g/mol. The standard InChI is InChI=1S/C10H9ClN2O2/c1-6-8-4-7(11)2-3-9(8)13(12-6)5-10(14)15/h2-4H,5H2,1H3,(H,14,15). The van der Waals surface area contributed by atoms with Crippen LogP contribution in [-0.2, 0) is 11.3 Å². The number of carboxylic acid groups (broad SMARTS) is 1. The number of aryl methyl sites for hydroxylation is 1. The number of carboxylic acids is 1. The molecule has 0 spiro atoms. The highest BCUT2D eigenvalue weighted by Crippen LogP contribution is 2.22. The molecule has 78 valence electrons. The van der Waals surface area contributed by atoms with Crippen LogP contribution in [0.3, 0.4) is 0 Å². The fourth-order valence-corrected chi connectivity index (χ4v) is 1.73. The zero-order chi connectivity index (χ0) is 11.0. The van der Waals surface area contributed by atoms with Crippen molar-refractivity contribution in [3.05, 3.63) is 28.9 Å². The van der Waals surface area contributed by atoms with Crippen LogP contribution in [0, 0.1) is 6.92 Å². The van der Waals surface area contributed by atoms with Crippen molar-refractivity contribution < 1.29 is 9.90 Å². The van der Waals surface area contributed by atoms with E-state index in [4.69, 9.17) is 16.7 Å². The summed E-state index contributed by atoms with van der Waals surface area (Å²) in [5, 5.41) is 14.4. The van der Waals surface area contributed by atoms with E-state index in [0.29, 0.717) is 5.02 Å². The van der Waals surface area contributed by atoms with Crippen molar-refractivity contribution in [3.8, 4) is 0 Å². The summed E-state index contributed by atoms with van der Waals surface area (Å²) >= 11 is 5.85. The molecule has 0 amide bonds. The minimum atomic E-state index is -0.908. The molecular formula is C10H9ClN2O2. The second kappa shape index (κ2) is 3.55. The summed E-state index contributed by atoms with van der Waals surface area (Å²) in [7, 11) is 0. The Bertz CT molecular complexity index is 533. The van der Waals surface area contributed by atoms with Gasteiger partial charge in [-0.1, -0.05) is 11.6 Å². The molecule has 0 saturated heterocycles. The molecule has 2 aromatic rings. The number of carbonyl (C=O) groups is 1. The Kier molecular flexibility index (Phi) is 2.36. The maximum absolute atomic E-state index is 10.6. The van der Waals surface area contributed by atoms with E-state index >= 15 is 0 Å². The number of rotatable bonds is 2. The minimum Gasteiger partial charge on any atom is -0.480 e. The number of halogens is 1. The van der Waals surface area contributed by atoms with E-state index in [9.17, 15) is 4.79 Å². The van der Waals surface area contributed by atoms with E-state index in [2.05, 4.69) is 5.10 Å². The number of nitrogens with zero attached hydrogens (tertiary/aromatic N) is 2. The number of aliphatic carboxylic acids is 1. The Balaban J connectivity index is 2.62. The van der Waals surface area contributed by atoms with Gasteiger partial charge in [0.2, 0.25) is 0 Å². The van der Waals surface area contributed by atoms with E-state index in [1.165, 1.54) is 4.68 Å². The average molecular weight is 225 g/mol. The molecule has 0 aliphatic heterocycles. The quantitative estimate of drug-likeness (QED) is 0.850. The monoisotopic (exact) mass is 224 g/mol. The SMILES string of the molecule is Cc1nn(CC(=O)O)c2ccc(Cl)cc12. The van der Waals surface area contributed by atoms with Gasteiger partial charge in [0.05, 0.1) is 11.2 Å². The van der Waals surface area contributed by atoms with E-state index in [-0.39, 0.29) is 6.54 Å². The van der Waals surface area contributed by atoms with Crippen LogP contribution in [-0.4, -0.2) is 20.9 Å². The molecule has 0 aliphatic carbocycles. The first kappa shape index (κ1) is 9.98. The van der Waals surface area contributed by atoms with Gasteiger partial charge in [-0.05, 0) is 25.1 Å². The van der Waals surface area contributed by atoms with Crippen molar-refractivity contribution in [2.24, 2.45) is 0 Å². The highest BCUT2D eigenvalue weighted by atomic mass is 35.5. The molecule has 15 heavy (non-hydrogen) atoms. The zero-order valence-electron chi connectivity index (χ0n) is 8.07. The summed E-state index contributed by atoms with van der Waals surface area (Å²) in [6.45, 7) is 1.70. The maximum Gasteiger partial charge on any atom is 0.325 e. The third-order valence-corrected chi connectivity index (χ3v) is 2.42. The van der Waals surface area contributed by atoms with E-state index in [0.717, 1.165) is 16.6 Å². The van der Waals surface area contributed by atoms with Gasteiger partial charge in [0, 0.05) is 10.4 Å². The minimum absolute atomic E-state index is 0.133. The Morgan fingerprint density at radius 1 is 1.60 bits per heavy atom. The number of hydrogen-bond acceptors (Lipinski definition) is 2. The molecule has 1 aromatic heterocycles. The van der Waals surface area contributed by atoms with Crippen molar-refractivity contribution in [2.75, 3.05) is 0 Å². The van der Waals surface area contributed by atoms with Gasteiger partial charge in [-0.15, -0.1) is 0 Å². The summed E-state index contributed by atoms with van der Waals surface area (Å²) in [5.74, 6) is -0.908. The second-order valence-electron chi connectivity index (χ2n) is 3.30. The van der Waals surface area contributed by atoms with Crippen LogP contribution in [0.5, 0.6) is 0 Å². The first-order valence-electron chi connectivity index (χ1n) is 4.42. The predicted molar refractivity (Wildman–Crippen MR) is 57.1 cm³/mol. The smallest absolute Gasteiger partial charge is 0.325 e. The number of benzene rings is 1. The van der Waals surface area contributed by atoms with Crippen LogP contribution >= 0.6 is 11.6 Å². The summed E-state index contributed by atoms with van der Waals surface area (Å²) in [6, 6.07) is 5.29. The second-order valence-corrected chi connectivity index (χ2v) is 3.73. The Morgan fingerprint density at radius 2 is 2.33 bits per heavy atom. The Hall–Kier alpha value is -1.55. The lowest BCUT2D eigenvalue weighted by molar-refractivity contribution is -0.137. The Morgan fingerprint density at radius 3 is 3.00 bits per heavy atom. The molecule has 0 aliphatic rings. The molecule has 0 unspecified atom stereocenters. The van der Waals surface area contributed by atoms with Crippen LogP contribution in [0.25, 0.3) is 10.9 Å². The molecule has 2 rings (SSSR count). The molecule has 0 saturated carbocycles. The van der Waals surface area contributed by atoms with Gasteiger partial charge in [-0.25, -0.2) is 0 Å². The third kappa shape index (κ3) is 1.80. The fourth-order valence-electron chi connectivity index (χ4n) is 1.56. The highest BCUT2D eigenvalue weighted by Gasteiger charge is 2.09. The lowest BCUT2D eigenvalue weighted by atomic mass is 10.2. The molecule has 1 aromatic carbocycles. The van der Waals surface area contributed by atoms with Crippen LogP contribution < -0.4 is 0 Å². The fraction of sp³-hybridized carbons (Fsp3) is 0.200. The summed E-state index contributed by atoms with van der Waals surface area (Å²) in [4.78, 5) is 10.6. The topological polar surface area (TPSA) is 55.1 Å². The Labute approximate surface area is 91.1 Å². The van der Waals surface area contributed by atoms with Crippen LogP contribution in [0.15, 0.2) is 18.2 Å². The molecule has 5 heteroatoms. The largest absolute Gasteiger partial charge is 0.480 e. The normalized spacial score (nSPS) is 10.8. The number of fused-ring (bicyclic) bond motifs is 1. The van der Waals surface area contributed by atoms with Crippen molar-refractivity contribution in [1.29, 1.82) is 0 Å². The molecule has 0 atom stereocenters. The summed E-state index contributed by atoms with van der Waals surface area (Å²) in [5.41, 5.74) is 1.58. The maximum atomic E-state index is 10.6. The lowest BCUT2D eigenvalue weighted by Crippen LogP contribution is -2.09. The van der Waals surface area contributed by atoms with Crippen LogP contribution in [0.4, 0.5) is 0 Å². The number of aromatic nitrogens is 2. The summed E-state index contributed by atoms with van der Waals surface area (Å²) < 4.78 is 1.46. The van der Waals surface area contributed by atoms with Gasteiger partial charge in [0.1, 0.15) is 6.54 Å². The zero-order valence-corrected chi connectivity index (χ0v) is 8.82. The van der Waals surface area contributed by atoms with Gasteiger partial charge in [0.25, 0.3) is 0 Å². The van der Waals surface area contributed by atoms with Crippen molar-refractivity contribution in [3.63, 3.8) is 0 Å². The lowest BCUT2D eigenvalue weighted by Gasteiger charge is -1.98. The molecule has 0 fully saturated rings. The molecule has 0 radical (unpaired) electrons. The molecule has 0 bridgehead atoms. The van der Waals surface area contributed by atoms with E-state index < -0.39 is 5.97 Å². The molecule has 1 N–H and O–H groups in total. The van der Waals surface area contributed by atoms with Crippen LogP contribution in [0.2, 0.25) is 5.02 Å². The van der Waals surface area contributed by atoms with Crippen molar-refractivity contribution >= 4 is 28.5 Å². The van der Waals surface area contributed by atoms with Crippen molar-refractivity contribution in [2.45, 2.75) is 13.5 Å². The van der Waals surface area contributed by atoms with Gasteiger partial charge >= 0.3 is 5.97 Å². The molecule has 1 heterocycles. The van der Waals surface area contributed by atoms with Gasteiger partial charge in [-0.2, -0.15) is 5.10 Å². The van der Waals surface area contributed by atoms with Crippen molar-refractivity contribution in [1.82, 2.24) is 9.78 Å². The van der Waals surface area contributed by atoms with E-state index in [1.54, 1.807) is 18.2 Å². The first-order valence-corrected chi connectivity index (χ1v) is 4.80. The predicted octanol–water partition coefficient (Wildman–Crippen LogP) is 2.08. The highest BCUT2D eigenvalue weighted by molar-refractivity contribution is 6.31. The molecule has 4 nitrogen and oxygen atoms in total.